The Balaban J connectivity index is 1.99. The van der Waals surface area contributed by atoms with Gasteiger partial charge in [-0.05, 0) is 38.8 Å². The third-order valence-corrected chi connectivity index (χ3v) is 6.63. The number of rotatable bonds is 6. The van der Waals surface area contributed by atoms with Gasteiger partial charge in [0.25, 0.3) is 5.91 Å². The first-order chi connectivity index (χ1) is 13.3. The number of carbonyl (C=O) groups excluding carboxylic acids is 2. The molecule has 2 aliphatic heterocycles. The first-order valence-electron chi connectivity index (χ1n) is 9.05. The first kappa shape index (κ1) is 20.1. The van der Waals surface area contributed by atoms with Crippen molar-refractivity contribution in [3.05, 3.63) is 18.2 Å². The zero-order valence-corrected chi connectivity index (χ0v) is 16.6. The molecule has 2 heterocycles. The topological polar surface area (TPSA) is 111 Å². The molecule has 10 heteroatoms. The lowest BCUT2D eigenvalue weighted by atomic mass is 10.2. The normalized spacial score (nSPS) is 18.2. The van der Waals surface area contributed by atoms with E-state index in [4.69, 9.17) is 10.00 Å². The predicted octanol–water partition coefficient (Wildman–Crippen LogP) is 1.55. The Hall–Kier alpha value is -2.64. The van der Waals surface area contributed by atoms with Gasteiger partial charge in [0.15, 0.2) is 6.61 Å². The van der Waals surface area contributed by atoms with Crippen LogP contribution in [0.15, 0.2) is 23.1 Å². The van der Waals surface area contributed by atoms with Crippen LogP contribution in [-0.2, 0) is 14.8 Å². The smallest absolute Gasteiger partial charge is 0.332 e. The molecule has 3 rings (SSSR count). The van der Waals surface area contributed by atoms with E-state index in [0.29, 0.717) is 13.1 Å². The number of ether oxygens (including phenoxy) is 1. The molecule has 0 atom stereocenters. The SMILES string of the molecule is CC(C)N1C(=O)CN(c2ccc(S(=O)(=O)N3CCCC3)cc2OCC#N)C1=O. The average molecular weight is 406 g/mol. The summed E-state index contributed by atoms with van der Waals surface area (Å²) < 4.78 is 32.4. The summed E-state index contributed by atoms with van der Waals surface area (Å²) in [5.41, 5.74) is 0.261. The lowest BCUT2D eigenvalue weighted by molar-refractivity contribution is -0.125. The number of imide groups is 1. The molecule has 1 aromatic carbocycles. The van der Waals surface area contributed by atoms with Crippen LogP contribution in [0.1, 0.15) is 26.7 Å². The van der Waals surface area contributed by atoms with E-state index < -0.39 is 16.1 Å². The lowest BCUT2D eigenvalue weighted by Gasteiger charge is -2.22. The molecule has 0 saturated carbocycles. The molecule has 9 nitrogen and oxygen atoms in total. The number of benzene rings is 1. The maximum atomic E-state index is 12.8. The van der Waals surface area contributed by atoms with Gasteiger partial charge in [-0.15, -0.1) is 0 Å². The minimum absolute atomic E-state index is 0.0322. The third-order valence-electron chi connectivity index (χ3n) is 4.73. The molecule has 2 saturated heterocycles. The molecule has 2 aliphatic rings. The zero-order valence-electron chi connectivity index (χ0n) is 15.8. The van der Waals surface area contributed by atoms with E-state index in [9.17, 15) is 18.0 Å². The zero-order chi connectivity index (χ0) is 20.5. The van der Waals surface area contributed by atoms with Crippen molar-refractivity contribution in [3.63, 3.8) is 0 Å². The second-order valence-corrected chi connectivity index (χ2v) is 8.85. The van der Waals surface area contributed by atoms with Gasteiger partial charge in [-0.25, -0.2) is 13.2 Å². The largest absolute Gasteiger partial charge is 0.477 e. The van der Waals surface area contributed by atoms with Gasteiger partial charge in [0.05, 0.1) is 10.6 Å². The van der Waals surface area contributed by atoms with E-state index in [-0.39, 0.29) is 41.4 Å². The van der Waals surface area contributed by atoms with Crippen molar-refractivity contribution < 1.29 is 22.7 Å². The van der Waals surface area contributed by atoms with Gasteiger partial charge >= 0.3 is 6.03 Å². The van der Waals surface area contributed by atoms with Crippen molar-refractivity contribution in [2.24, 2.45) is 0 Å². The second kappa shape index (κ2) is 7.77. The molecule has 3 amide bonds. The Morgan fingerprint density at radius 2 is 1.89 bits per heavy atom. The van der Waals surface area contributed by atoms with Crippen molar-refractivity contribution >= 4 is 27.6 Å². The second-order valence-electron chi connectivity index (χ2n) is 6.91. The predicted molar refractivity (Wildman–Crippen MR) is 100 cm³/mol. The van der Waals surface area contributed by atoms with Crippen LogP contribution in [0.25, 0.3) is 0 Å². The molecule has 0 radical (unpaired) electrons. The summed E-state index contributed by atoms with van der Waals surface area (Å²) in [6.45, 7) is 3.90. The van der Waals surface area contributed by atoms with Crippen molar-refractivity contribution in [2.75, 3.05) is 31.1 Å². The van der Waals surface area contributed by atoms with E-state index in [2.05, 4.69) is 0 Å². The van der Waals surface area contributed by atoms with Crippen LogP contribution in [0.5, 0.6) is 5.75 Å². The summed E-state index contributed by atoms with van der Waals surface area (Å²) in [6.07, 6.45) is 1.62. The van der Waals surface area contributed by atoms with Crippen LogP contribution in [0.4, 0.5) is 10.5 Å². The first-order valence-corrected chi connectivity index (χ1v) is 10.5. The van der Waals surface area contributed by atoms with E-state index in [1.54, 1.807) is 13.8 Å². The fourth-order valence-corrected chi connectivity index (χ4v) is 4.93. The summed E-state index contributed by atoms with van der Waals surface area (Å²) in [5.74, 6) is -0.270. The molecule has 28 heavy (non-hydrogen) atoms. The Morgan fingerprint density at radius 1 is 1.21 bits per heavy atom. The summed E-state index contributed by atoms with van der Waals surface area (Å²) in [6, 6.07) is 5.19. The van der Waals surface area contributed by atoms with Crippen LogP contribution in [0.3, 0.4) is 0 Å². The van der Waals surface area contributed by atoms with Crippen LogP contribution in [0, 0.1) is 11.3 Å². The van der Waals surface area contributed by atoms with E-state index >= 15 is 0 Å². The molecule has 0 N–H and O–H groups in total. The van der Waals surface area contributed by atoms with Crippen molar-refractivity contribution in [1.29, 1.82) is 5.26 Å². The van der Waals surface area contributed by atoms with Gasteiger partial charge in [0.1, 0.15) is 18.4 Å². The Morgan fingerprint density at radius 3 is 2.46 bits per heavy atom. The number of nitrogens with zero attached hydrogens (tertiary/aromatic N) is 4. The number of sulfonamides is 1. The number of urea groups is 1. The van der Waals surface area contributed by atoms with Crippen LogP contribution in [-0.4, -0.2) is 61.8 Å². The molecule has 0 unspecified atom stereocenters. The molecule has 2 fully saturated rings. The van der Waals surface area contributed by atoms with Crippen molar-refractivity contribution in [3.8, 4) is 11.8 Å². The standard InChI is InChI=1S/C18H22N4O5S/c1-13(2)22-17(23)12-21(18(22)24)15-6-5-14(11-16(15)27-10-7-19)28(25,26)20-8-3-4-9-20/h5-6,11,13H,3-4,8-10,12H2,1-2H3. The third kappa shape index (κ3) is 3.55. The molecule has 0 aromatic heterocycles. The van der Waals surface area contributed by atoms with Crippen LogP contribution < -0.4 is 9.64 Å². The quantitative estimate of drug-likeness (QED) is 0.663. The number of anilines is 1. The number of nitriles is 1. The molecule has 0 aliphatic carbocycles. The number of hydrogen-bond donors (Lipinski definition) is 0. The van der Waals surface area contributed by atoms with E-state index in [0.717, 1.165) is 17.7 Å². The average Bonchev–Trinajstić information content (AvgIpc) is 3.28. The minimum Gasteiger partial charge on any atom is -0.477 e. The molecule has 0 bridgehead atoms. The monoisotopic (exact) mass is 406 g/mol. The molecule has 0 spiro atoms. The maximum Gasteiger partial charge on any atom is 0.332 e. The van der Waals surface area contributed by atoms with Gasteiger partial charge < -0.3 is 4.74 Å². The molecule has 1 aromatic rings. The van der Waals surface area contributed by atoms with E-state index in [1.165, 1.54) is 27.4 Å². The highest BCUT2D eigenvalue weighted by Gasteiger charge is 2.40. The van der Waals surface area contributed by atoms with Gasteiger partial charge in [0.2, 0.25) is 10.0 Å². The van der Waals surface area contributed by atoms with Crippen molar-refractivity contribution in [1.82, 2.24) is 9.21 Å². The van der Waals surface area contributed by atoms with Gasteiger partial charge in [-0.2, -0.15) is 9.57 Å². The Bertz CT molecular complexity index is 932. The number of hydrogen-bond acceptors (Lipinski definition) is 6. The van der Waals surface area contributed by atoms with Crippen molar-refractivity contribution in [2.45, 2.75) is 37.6 Å². The Kier molecular flexibility index (Phi) is 5.58. The highest BCUT2D eigenvalue weighted by atomic mass is 32.2. The fourth-order valence-electron chi connectivity index (χ4n) is 3.39. The summed E-state index contributed by atoms with van der Waals surface area (Å²) in [5, 5.41) is 8.85. The summed E-state index contributed by atoms with van der Waals surface area (Å²) in [4.78, 5) is 27.3. The van der Waals surface area contributed by atoms with E-state index in [1.807, 2.05) is 6.07 Å². The van der Waals surface area contributed by atoms with Crippen LogP contribution >= 0.6 is 0 Å². The molecular weight excluding hydrogens is 384 g/mol. The van der Waals surface area contributed by atoms with Gasteiger partial charge in [-0.1, -0.05) is 0 Å². The highest BCUT2D eigenvalue weighted by Crippen LogP contribution is 2.35. The summed E-state index contributed by atoms with van der Waals surface area (Å²) >= 11 is 0. The van der Waals surface area contributed by atoms with Crippen LogP contribution in [0.2, 0.25) is 0 Å². The Labute approximate surface area is 164 Å². The summed E-state index contributed by atoms with van der Waals surface area (Å²) in [7, 11) is -3.69. The highest BCUT2D eigenvalue weighted by molar-refractivity contribution is 7.89. The number of amides is 3. The molecular formula is C18H22N4O5S. The van der Waals surface area contributed by atoms with Gasteiger partial charge in [-0.3, -0.25) is 14.6 Å². The minimum atomic E-state index is -3.69. The lowest BCUT2D eigenvalue weighted by Crippen LogP contribution is -2.38. The number of carbonyl (C=O) groups is 2. The molecule has 150 valence electrons. The fraction of sp³-hybridized carbons (Fsp3) is 0.500. The maximum absolute atomic E-state index is 12.8. The van der Waals surface area contributed by atoms with Gasteiger partial charge in [0, 0.05) is 25.2 Å².